The second-order valence-electron chi connectivity index (χ2n) is 4.81. The van der Waals surface area contributed by atoms with E-state index in [0.717, 1.165) is 4.90 Å². The Hall–Kier alpha value is -0.820. The van der Waals surface area contributed by atoms with Crippen molar-refractivity contribution < 1.29 is 23.1 Å². The number of hydrogen-bond donors (Lipinski definition) is 2. The Morgan fingerprint density at radius 2 is 2.00 bits per heavy atom. The maximum Gasteiger partial charge on any atom is 0.419 e. The number of aliphatic hydroxyl groups is 1. The maximum absolute atomic E-state index is 12.5. The van der Waals surface area contributed by atoms with Crippen LogP contribution in [-0.4, -0.2) is 46.8 Å². The zero-order valence-corrected chi connectivity index (χ0v) is 9.79. The maximum atomic E-state index is 12.5. The first-order valence-corrected chi connectivity index (χ1v) is 5.42. The zero-order chi connectivity index (χ0) is 13.4. The summed E-state index contributed by atoms with van der Waals surface area (Å²) in [5, 5.41) is 9.41. The second-order valence-corrected chi connectivity index (χ2v) is 4.81. The summed E-state index contributed by atoms with van der Waals surface area (Å²) in [6.07, 6.45) is -5.21. The molecule has 0 bridgehead atoms. The number of amides is 1. The van der Waals surface area contributed by atoms with Crippen molar-refractivity contribution in [1.82, 2.24) is 4.90 Å². The molecule has 7 heteroatoms. The van der Waals surface area contributed by atoms with E-state index in [2.05, 4.69) is 0 Å². The van der Waals surface area contributed by atoms with Gasteiger partial charge in [0.2, 0.25) is 5.91 Å². The Morgan fingerprint density at radius 3 is 2.35 bits per heavy atom. The lowest BCUT2D eigenvalue weighted by molar-refractivity contribution is -0.253. The number of hydrogen-bond acceptors (Lipinski definition) is 3. The summed E-state index contributed by atoms with van der Waals surface area (Å²) >= 11 is 0. The van der Waals surface area contributed by atoms with Gasteiger partial charge in [0.25, 0.3) is 0 Å². The molecular weight excluding hydrogens is 237 g/mol. The van der Waals surface area contributed by atoms with Crippen LogP contribution in [0.5, 0.6) is 0 Å². The van der Waals surface area contributed by atoms with Crippen LogP contribution in [0, 0.1) is 5.92 Å². The van der Waals surface area contributed by atoms with Crippen LogP contribution in [0.4, 0.5) is 13.2 Å². The fourth-order valence-electron chi connectivity index (χ4n) is 1.71. The quantitative estimate of drug-likeness (QED) is 0.754. The lowest BCUT2D eigenvalue weighted by Gasteiger charge is -2.27. The molecule has 1 unspecified atom stereocenters. The normalized spacial score (nSPS) is 27.6. The number of rotatable bonds is 2. The van der Waals surface area contributed by atoms with Crippen LogP contribution in [0.15, 0.2) is 0 Å². The average molecular weight is 254 g/mol. The molecule has 1 heterocycles. The Morgan fingerprint density at radius 1 is 1.47 bits per heavy atom. The van der Waals surface area contributed by atoms with Crippen molar-refractivity contribution in [3.05, 3.63) is 0 Å². The summed E-state index contributed by atoms with van der Waals surface area (Å²) in [5.74, 6) is -0.692. The molecule has 1 aliphatic rings. The van der Waals surface area contributed by atoms with Gasteiger partial charge in [0.1, 0.15) is 0 Å². The van der Waals surface area contributed by atoms with Gasteiger partial charge in [-0.05, 0) is 5.92 Å². The highest BCUT2D eigenvalue weighted by molar-refractivity contribution is 5.82. The van der Waals surface area contributed by atoms with Crippen LogP contribution >= 0.6 is 0 Å². The van der Waals surface area contributed by atoms with Gasteiger partial charge in [-0.1, -0.05) is 13.8 Å². The molecular formula is C10H17F3N2O2. The molecule has 0 aromatic heterocycles. The number of β-amino-alcohol motifs (C(OH)–C–C–N with tert-alkyl or cyclic N) is 1. The minimum absolute atomic E-state index is 0.116. The molecule has 1 aliphatic heterocycles. The van der Waals surface area contributed by atoms with Crippen molar-refractivity contribution in [2.24, 2.45) is 11.7 Å². The summed E-state index contributed by atoms with van der Waals surface area (Å²) in [7, 11) is 0. The molecule has 4 nitrogen and oxygen atoms in total. The number of nitrogens with two attached hydrogens (primary N) is 1. The van der Waals surface area contributed by atoms with Gasteiger partial charge < -0.3 is 15.7 Å². The third kappa shape index (κ3) is 2.71. The van der Waals surface area contributed by atoms with E-state index in [1.807, 2.05) is 0 Å². The molecule has 1 fully saturated rings. The van der Waals surface area contributed by atoms with Crippen LogP contribution in [0.2, 0.25) is 0 Å². The summed E-state index contributed by atoms with van der Waals surface area (Å²) in [5.41, 5.74) is 2.79. The Balaban J connectivity index is 2.71. The van der Waals surface area contributed by atoms with E-state index in [1.54, 1.807) is 13.8 Å². The van der Waals surface area contributed by atoms with Crippen LogP contribution in [-0.2, 0) is 4.79 Å². The molecule has 0 saturated carbocycles. The lowest BCUT2D eigenvalue weighted by Crippen LogP contribution is -2.51. The molecule has 1 amide bonds. The number of likely N-dealkylation sites (tertiary alicyclic amines) is 1. The fraction of sp³-hybridized carbons (Fsp3) is 0.900. The zero-order valence-electron chi connectivity index (χ0n) is 9.79. The molecule has 100 valence electrons. The largest absolute Gasteiger partial charge is 0.419 e. The van der Waals surface area contributed by atoms with E-state index in [1.165, 1.54) is 0 Å². The van der Waals surface area contributed by atoms with E-state index < -0.39 is 36.7 Å². The van der Waals surface area contributed by atoms with Crippen molar-refractivity contribution >= 4 is 5.91 Å². The number of carbonyl (C=O) groups excluding carboxylic acids is 1. The minimum atomic E-state index is -4.72. The highest BCUT2D eigenvalue weighted by Crippen LogP contribution is 2.37. The predicted octanol–water partition coefficient (Wildman–Crippen LogP) is 0.495. The molecule has 17 heavy (non-hydrogen) atoms. The smallest absolute Gasteiger partial charge is 0.379 e. The van der Waals surface area contributed by atoms with Crippen molar-refractivity contribution in [2.45, 2.75) is 38.1 Å². The lowest BCUT2D eigenvalue weighted by atomic mass is 10.0. The molecule has 0 aliphatic carbocycles. The van der Waals surface area contributed by atoms with Crippen LogP contribution in [0.1, 0.15) is 20.3 Å². The summed E-state index contributed by atoms with van der Waals surface area (Å²) in [4.78, 5) is 12.7. The molecule has 1 saturated heterocycles. The first-order valence-electron chi connectivity index (χ1n) is 5.42. The summed E-state index contributed by atoms with van der Waals surface area (Å²) < 4.78 is 37.6. The van der Waals surface area contributed by atoms with Gasteiger partial charge in [-0.3, -0.25) is 4.79 Å². The van der Waals surface area contributed by atoms with Gasteiger partial charge in [-0.25, -0.2) is 0 Å². The van der Waals surface area contributed by atoms with Gasteiger partial charge in [0.05, 0.1) is 12.6 Å². The highest BCUT2D eigenvalue weighted by atomic mass is 19.4. The number of alkyl halides is 3. The second kappa shape index (κ2) is 4.45. The number of nitrogens with zero attached hydrogens (tertiary/aromatic N) is 1. The fourth-order valence-corrected chi connectivity index (χ4v) is 1.71. The monoisotopic (exact) mass is 254 g/mol. The first-order chi connectivity index (χ1) is 7.58. The van der Waals surface area contributed by atoms with Crippen molar-refractivity contribution in [3.8, 4) is 0 Å². The standard InChI is InChI=1S/C10H17F3N2O2/c1-6(2)7(14)8(16)15-4-3-9(17,5-15)10(11,12)13/h6-7,17H,3-5,14H2,1-2H3/t7-,9?/m1/s1. The van der Waals surface area contributed by atoms with E-state index in [4.69, 9.17) is 5.73 Å². The van der Waals surface area contributed by atoms with Gasteiger partial charge in [-0.2, -0.15) is 13.2 Å². The van der Waals surface area contributed by atoms with E-state index >= 15 is 0 Å². The number of carbonyl (C=O) groups is 1. The molecule has 2 atom stereocenters. The minimum Gasteiger partial charge on any atom is -0.379 e. The van der Waals surface area contributed by atoms with Gasteiger partial charge >= 0.3 is 6.18 Å². The van der Waals surface area contributed by atoms with Gasteiger partial charge in [-0.15, -0.1) is 0 Å². The molecule has 1 rings (SSSR count). The molecule has 0 aromatic carbocycles. The Bertz CT molecular complexity index is 306. The van der Waals surface area contributed by atoms with Crippen LogP contribution in [0.25, 0.3) is 0 Å². The molecule has 0 aromatic rings. The Labute approximate surface area is 97.6 Å². The van der Waals surface area contributed by atoms with Gasteiger partial charge in [0.15, 0.2) is 5.60 Å². The number of halogens is 3. The SMILES string of the molecule is CC(C)[C@@H](N)C(=O)N1CCC(O)(C(F)(F)F)C1. The molecule has 0 radical (unpaired) electrons. The highest BCUT2D eigenvalue weighted by Gasteiger charge is 2.58. The summed E-state index contributed by atoms with van der Waals surface area (Å²) in [6.45, 7) is 2.59. The third-order valence-electron chi connectivity index (χ3n) is 3.09. The predicted molar refractivity (Wildman–Crippen MR) is 55.0 cm³/mol. The first kappa shape index (κ1) is 14.2. The molecule has 3 N–H and O–H groups in total. The third-order valence-corrected chi connectivity index (χ3v) is 3.09. The average Bonchev–Trinajstić information content (AvgIpc) is 2.59. The summed E-state index contributed by atoms with van der Waals surface area (Å²) in [6, 6.07) is -0.828. The molecule has 0 spiro atoms. The van der Waals surface area contributed by atoms with Crippen molar-refractivity contribution in [2.75, 3.05) is 13.1 Å². The van der Waals surface area contributed by atoms with Crippen molar-refractivity contribution in [1.29, 1.82) is 0 Å². The van der Waals surface area contributed by atoms with Crippen molar-refractivity contribution in [3.63, 3.8) is 0 Å². The van der Waals surface area contributed by atoms with E-state index in [0.29, 0.717) is 0 Å². The van der Waals surface area contributed by atoms with E-state index in [9.17, 15) is 23.1 Å². The van der Waals surface area contributed by atoms with Gasteiger partial charge in [0, 0.05) is 13.0 Å². The Kier molecular flexibility index (Phi) is 3.73. The topological polar surface area (TPSA) is 66.6 Å². The van der Waals surface area contributed by atoms with Crippen LogP contribution in [0.3, 0.4) is 0 Å². The van der Waals surface area contributed by atoms with Crippen LogP contribution < -0.4 is 5.73 Å². The van der Waals surface area contributed by atoms with E-state index in [-0.39, 0.29) is 12.5 Å².